The highest BCUT2D eigenvalue weighted by molar-refractivity contribution is 5.94. The van der Waals surface area contributed by atoms with Crippen LogP contribution < -0.4 is 27.4 Å². The zero-order chi connectivity index (χ0) is 22.0. The minimum absolute atomic E-state index is 0.0236. The standard InChI is InChI=1S/C16H29N5O7/c1-7(2)4-10(15(27)19-6-12(24)25)20-16(28)13(8(3)22)21-14(26)9(17)5-11(18)23/h7-10,13,22H,4-6,17H2,1-3H3,(H2,18,23)(H,19,27)(H,20,28)(H,21,26)(H,24,25). The van der Waals surface area contributed by atoms with Crippen molar-refractivity contribution < 1.29 is 34.2 Å². The normalized spacial score (nSPS) is 15.1. The Labute approximate surface area is 162 Å². The SMILES string of the molecule is CC(C)CC(NC(=O)C(NC(=O)C(N)CC(N)=O)C(C)O)C(=O)NCC(=O)O. The molecular formula is C16H29N5O7. The highest BCUT2D eigenvalue weighted by Crippen LogP contribution is 2.06. The van der Waals surface area contributed by atoms with Gasteiger partial charge in [-0.25, -0.2) is 0 Å². The lowest BCUT2D eigenvalue weighted by molar-refractivity contribution is -0.139. The molecule has 0 aliphatic heterocycles. The molecule has 0 bridgehead atoms. The van der Waals surface area contributed by atoms with Gasteiger partial charge in [0.15, 0.2) is 0 Å². The minimum Gasteiger partial charge on any atom is -0.480 e. The highest BCUT2D eigenvalue weighted by Gasteiger charge is 2.31. The van der Waals surface area contributed by atoms with Gasteiger partial charge in [-0.1, -0.05) is 13.8 Å². The molecule has 0 spiro atoms. The molecule has 9 N–H and O–H groups in total. The van der Waals surface area contributed by atoms with Gasteiger partial charge in [-0.05, 0) is 19.3 Å². The lowest BCUT2D eigenvalue weighted by Crippen LogP contribution is -2.59. The third kappa shape index (κ3) is 9.83. The molecule has 0 saturated carbocycles. The summed E-state index contributed by atoms with van der Waals surface area (Å²) >= 11 is 0. The maximum absolute atomic E-state index is 12.5. The quantitative estimate of drug-likeness (QED) is 0.175. The van der Waals surface area contributed by atoms with Crippen LogP contribution in [-0.4, -0.2) is 70.6 Å². The van der Waals surface area contributed by atoms with Gasteiger partial charge in [-0.2, -0.15) is 0 Å². The van der Waals surface area contributed by atoms with Gasteiger partial charge in [-0.3, -0.25) is 24.0 Å². The molecule has 160 valence electrons. The predicted octanol–water partition coefficient (Wildman–Crippen LogP) is -3.21. The molecule has 0 rings (SSSR count). The number of nitrogens with two attached hydrogens (primary N) is 2. The molecule has 0 aliphatic carbocycles. The zero-order valence-electron chi connectivity index (χ0n) is 16.1. The van der Waals surface area contributed by atoms with E-state index in [0.717, 1.165) is 0 Å². The Bertz CT molecular complexity index is 594. The smallest absolute Gasteiger partial charge is 0.322 e. The van der Waals surface area contributed by atoms with Gasteiger partial charge < -0.3 is 37.6 Å². The van der Waals surface area contributed by atoms with Crippen LogP contribution in [0, 0.1) is 5.92 Å². The van der Waals surface area contributed by atoms with Crippen LogP contribution in [0.5, 0.6) is 0 Å². The number of carbonyl (C=O) groups excluding carboxylic acids is 4. The molecule has 12 nitrogen and oxygen atoms in total. The van der Waals surface area contributed by atoms with Crippen molar-refractivity contribution in [1.82, 2.24) is 16.0 Å². The fourth-order valence-electron chi connectivity index (χ4n) is 2.23. The number of primary amides is 1. The number of carboxylic acid groups (broad SMARTS) is 1. The van der Waals surface area contributed by atoms with Crippen molar-refractivity contribution in [1.29, 1.82) is 0 Å². The summed E-state index contributed by atoms with van der Waals surface area (Å²) in [6.07, 6.45) is -1.60. The molecule has 12 heteroatoms. The van der Waals surface area contributed by atoms with Gasteiger partial charge in [0.1, 0.15) is 18.6 Å². The van der Waals surface area contributed by atoms with Gasteiger partial charge >= 0.3 is 5.97 Å². The van der Waals surface area contributed by atoms with Gasteiger partial charge in [0.05, 0.1) is 18.6 Å². The Morgan fingerprint density at radius 2 is 1.54 bits per heavy atom. The molecule has 0 aromatic heterocycles. The molecule has 4 unspecified atom stereocenters. The molecule has 0 saturated heterocycles. The van der Waals surface area contributed by atoms with Gasteiger partial charge in [0.25, 0.3) is 0 Å². The molecular weight excluding hydrogens is 374 g/mol. The molecule has 0 aliphatic rings. The van der Waals surface area contributed by atoms with E-state index >= 15 is 0 Å². The molecule has 0 fully saturated rings. The van der Waals surface area contributed by atoms with E-state index in [1.807, 2.05) is 0 Å². The number of amides is 4. The van der Waals surface area contributed by atoms with Crippen molar-refractivity contribution in [2.75, 3.05) is 6.54 Å². The van der Waals surface area contributed by atoms with Crippen LogP contribution in [0.3, 0.4) is 0 Å². The molecule has 4 atom stereocenters. The first-order valence-electron chi connectivity index (χ1n) is 8.67. The first-order valence-corrected chi connectivity index (χ1v) is 8.67. The maximum Gasteiger partial charge on any atom is 0.322 e. The first kappa shape index (κ1) is 25.3. The maximum atomic E-state index is 12.5. The molecule has 4 amide bonds. The van der Waals surface area contributed by atoms with Crippen molar-refractivity contribution in [2.24, 2.45) is 17.4 Å². The number of aliphatic hydroxyl groups excluding tert-OH is 1. The number of aliphatic carboxylic acids is 1. The van der Waals surface area contributed by atoms with Crippen LogP contribution in [0.15, 0.2) is 0 Å². The van der Waals surface area contributed by atoms with Crippen LogP contribution in [0.2, 0.25) is 0 Å². The van der Waals surface area contributed by atoms with Crippen molar-refractivity contribution >= 4 is 29.6 Å². The first-order chi connectivity index (χ1) is 12.8. The van der Waals surface area contributed by atoms with E-state index in [2.05, 4.69) is 16.0 Å². The van der Waals surface area contributed by atoms with E-state index in [1.54, 1.807) is 13.8 Å². The zero-order valence-corrected chi connectivity index (χ0v) is 16.1. The molecule has 0 heterocycles. The number of rotatable bonds is 12. The van der Waals surface area contributed by atoms with Crippen LogP contribution >= 0.6 is 0 Å². The Morgan fingerprint density at radius 3 is 1.96 bits per heavy atom. The lowest BCUT2D eigenvalue weighted by atomic mass is 10.0. The van der Waals surface area contributed by atoms with Crippen molar-refractivity contribution in [2.45, 2.75) is 57.8 Å². The highest BCUT2D eigenvalue weighted by atomic mass is 16.4. The van der Waals surface area contributed by atoms with E-state index in [0.29, 0.717) is 0 Å². The van der Waals surface area contributed by atoms with Crippen molar-refractivity contribution in [3.63, 3.8) is 0 Å². The molecule has 0 aromatic rings. The number of carbonyl (C=O) groups is 5. The third-order valence-corrected chi connectivity index (χ3v) is 3.57. The van der Waals surface area contributed by atoms with E-state index in [9.17, 15) is 29.1 Å². The van der Waals surface area contributed by atoms with Crippen molar-refractivity contribution in [3.8, 4) is 0 Å². The summed E-state index contributed by atoms with van der Waals surface area (Å²) in [6, 6.07) is -3.84. The van der Waals surface area contributed by atoms with E-state index in [-0.39, 0.29) is 12.3 Å². The second kappa shape index (κ2) is 11.9. The summed E-state index contributed by atoms with van der Waals surface area (Å²) in [7, 11) is 0. The largest absolute Gasteiger partial charge is 0.480 e. The Kier molecular flexibility index (Phi) is 10.7. The Balaban J connectivity index is 5.17. The number of aliphatic hydroxyl groups is 1. The summed E-state index contributed by atoms with van der Waals surface area (Å²) in [4.78, 5) is 58.1. The number of hydrogen-bond acceptors (Lipinski definition) is 7. The average Bonchev–Trinajstić information content (AvgIpc) is 2.54. The number of carboxylic acids is 1. The van der Waals surface area contributed by atoms with E-state index in [4.69, 9.17) is 16.6 Å². The molecule has 28 heavy (non-hydrogen) atoms. The van der Waals surface area contributed by atoms with Crippen LogP contribution in [0.4, 0.5) is 0 Å². The lowest BCUT2D eigenvalue weighted by Gasteiger charge is -2.26. The Morgan fingerprint density at radius 1 is 0.964 bits per heavy atom. The van der Waals surface area contributed by atoms with Crippen LogP contribution in [0.25, 0.3) is 0 Å². The second-order valence-electron chi connectivity index (χ2n) is 6.81. The average molecular weight is 403 g/mol. The topological polar surface area (TPSA) is 214 Å². The fourth-order valence-corrected chi connectivity index (χ4v) is 2.23. The van der Waals surface area contributed by atoms with E-state index < -0.39 is 66.8 Å². The summed E-state index contributed by atoms with van der Waals surface area (Å²) in [5, 5.41) is 25.2. The van der Waals surface area contributed by atoms with Gasteiger partial charge in [-0.15, -0.1) is 0 Å². The van der Waals surface area contributed by atoms with Crippen molar-refractivity contribution in [3.05, 3.63) is 0 Å². The summed E-state index contributed by atoms with van der Waals surface area (Å²) in [5.74, 6) is -4.55. The second-order valence-corrected chi connectivity index (χ2v) is 6.81. The molecule has 0 radical (unpaired) electrons. The third-order valence-electron chi connectivity index (χ3n) is 3.57. The van der Waals surface area contributed by atoms with E-state index in [1.165, 1.54) is 6.92 Å². The van der Waals surface area contributed by atoms with Gasteiger partial charge in [0, 0.05) is 0 Å². The summed E-state index contributed by atoms with van der Waals surface area (Å²) < 4.78 is 0. The van der Waals surface area contributed by atoms with Crippen LogP contribution in [0.1, 0.15) is 33.6 Å². The summed E-state index contributed by atoms with van der Waals surface area (Å²) in [5.41, 5.74) is 10.5. The Hall–Kier alpha value is -2.73. The van der Waals surface area contributed by atoms with Gasteiger partial charge in [0.2, 0.25) is 23.6 Å². The van der Waals surface area contributed by atoms with Crippen LogP contribution in [-0.2, 0) is 24.0 Å². The number of hydrogen-bond donors (Lipinski definition) is 7. The monoisotopic (exact) mass is 403 g/mol. The predicted molar refractivity (Wildman–Crippen MR) is 97.4 cm³/mol. The minimum atomic E-state index is -1.45. The fraction of sp³-hybridized carbons (Fsp3) is 0.688. The number of nitrogens with one attached hydrogen (secondary N) is 3. The summed E-state index contributed by atoms with van der Waals surface area (Å²) in [6.45, 7) is 4.20. The molecule has 0 aromatic carbocycles.